The number of methoxy groups -OCH3 is 4. The molecule has 0 spiro atoms. The van der Waals surface area contributed by atoms with Gasteiger partial charge in [-0.1, -0.05) is 50.7 Å². The van der Waals surface area contributed by atoms with Crippen molar-refractivity contribution in [1.82, 2.24) is 0 Å². The number of benzene rings is 1. The van der Waals surface area contributed by atoms with Gasteiger partial charge in [0, 0.05) is 27.8 Å². The molecular weight excluding hydrogens is 316 g/mol. The maximum absolute atomic E-state index is 5.31. The van der Waals surface area contributed by atoms with E-state index in [1.54, 1.807) is 28.4 Å². The van der Waals surface area contributed by atoms with Gasteiger partial charge in [0.1, 0.15) is 5.75 Å². The highest BCUT2D eigenvalue weighted by Gasteiger charge is 2.28. The van der Waals surface area contributed by atoms with Crippen molar-refractivity contribution in [2.75, 3.05) is 28.4 Å². The van der Waals surface area contributed by atoms with E-state index in [9.17, 15) is 0 Å². The highest BCUT2D eigenvalue weighted by molar-refractivity contribution is 5.27. The Labute approximate surface area is 153 Å². The van der Waals surface area contributed by atoms with E-state index in [1.807, 2.05) is 12.1 Å². The van der Waals surface area contributed by atoms with Crippen LogP contribution in [-0.2, 0) is 20.6 Å². The van der Waals surface area contributed by atoms with Crippen molar-refractivity contribution in [3.8, 4) is 5.75 Å². The highest BCUT2D eigenvalue weighted by Crippen LogP contribution is 2.21. The molecule has 0 heterocycles. The summed E-state index contributed by atoms with van der Waals surface area (Å²) in [6, 6.07) is 8.42. The van der Waals surface area contributed by atoms with Crippen molar-refractivity contribution in [2.45, 2.75) is 70.2 Å². The fourth-order valence-electron chi connectivity index (χ4n) is 3.08. The Morgan fingerprint density at radius 1 is 0.640 bits per heavy atom. The number of aryl methyl sites for hydroxylation is 1. The minimum Gasteiger partial charge on any atom is -0.497 e. The zero-order valence-electron chi connectivity index (χ0n) is 16.5. The van der Waals surface area contributed by atoms with Gasteiger partial charge in [0.15, 0.2) is 0 Å². The van der Waals surface area contributed by atoms with E-state index in [1.165, 1.54) is 50.5 Å². The fraction of sp³-hybridized carbons (Fsp3) is 0.714. The zero-order chi connectivity index (χ0) is 18.4. The zero-order valence-corrected chi connectivity index (χ0v) is 16.5. The van der Waals surface area contributed by atoms with Crippen LogP contribution >= 0.6 is 0 Å². The molecule has 0 saturated carbocycles. The third-order valence-corrected chi connectivity index (χ3v) is 4.79. The molecule has 0 aliphatic rings. The number of hydrogen-bond acceptors (Lipinski definition) is 4. The molecule has 4 nitrogen and oxygen atoms in total. The summed E-state index contributed by atoms with van der Waals surface area (Å²) in [6.07, 6.45) is 12.0. The Morgan fingerprint density at radius 3 is 1.60 bits per heavy atom. The quantitative estimate of drug-likeness (QED) is 0.315. The van der Waals surface area contributed by atoms with Gasteiger partial charge >= 0.3 is 0 Å². The molecule has 0 bridgehead atoms. The Balaban J connectivity index is 1.96. The molecule has 1 aromatic carbocycles. The first-order valence-corrected chi connectivity index (χ1v) is 9.48. The third kappa shape index (κ3) is 8.70. The van der Waals surface area contributed by atoms with Crippen LogP contribution < -0.4 is 4.74 Å². The van der Waals surface area contributed by atoms with E-state index in [4.69, 9.17) is 18.9 Å². The summed E-state index contributed by atoms with van der Waals surface area (Å²) >= 11 is 0. The summed E-state index contributed by atoms with van der Waals surface area (Å²) in [4.78, 5) is 0. The maximum Gasteiger partial charge on any atom is 0.282 e. The smallest absolute Gasteiger partial charge is 0.282 e. The minimum atomic E-state index is -0.860. The second kappa shape index (κ2) is 13.2. The predicted molar refractivity (Wildman–Crippen MR) is 102 cm³/mol. The van der Waals surface area contributed by atoms with Gasteiger partial charge in [-0.15, -0.1) is 0 Å². The molecule has 0 unspecified atom stereocenters. The lowest BCUT2D eigenvalue weighted by atomic mass is 10.0. The average Bonchev–Trinajstić information content (AvgIpc) is 2.67. The van der Waals surface area contributed by atoms with Gasteiger partial charge in [-0.25, -0.2) is 0 Å². The summed E-state index contributed by atoms with van der Waals surface area (Å²) in [6.45, 7) is 0. The lowest BCUT2D eigenvalue weighted by Crippen LogP contribution is -2.35. The Morgan fingerprint density at radius 2 is 1.12 bits per heavy atom. The first-order valence-electron chi connectivity index (χ1n) is 9.48. The first kappa shape index (κ1) is 21.9. The van der Waals surface area contributed by atoms with Crippen molar-refractivity contribution in [1.29, 1.82) is 0 Å². The summed E-state index contributed by atoms with van der Waals surface area (Å²) in [5.41, 5.74) is 1.40. The molecule has 144 valence electrons. The van der Waals surface area contributed by atoms with Crippen molar-refractivity contribution in [2.24, 2.45) is 0 Å². The van der Waals surface area contributed by atoms with Crippen molar-refractivity contribution < 1.29 is 18.9 Å². The van der Waals surface area contributed by atoms with Crippen LogP contribution in [0.2, 0.25) is 0 Å². The van der Waals surface area contributed by atoms with Crippen LogP contribution in [0.1, 0.15) is 63.4 Å². The van der Waals surface area contributed by atoms with E-state index in [0.717, 1.165) is 25.0 Å². The lowest BCUT2D eigenvalue weighted by molar-refractivity contribution is -0.355. The largest absolute Gasteiger partial charge is 0.497 e. The summed E-state index contributed by atoms with van der Waals surface area (Å²) in [7, 11) is 6.58. The van der Waals surface area contributed by atoms with Crippen LogP contribution in [0.5, 0.6) is 5.75 Å². The van der Waals surface area contributed by atoms with Gasteiger partial charge in [0.25, 0.3) is 5.97 Å². The van der Waals surface area contributed by atoms with E-state index >= 15 is 0 Å². The standard InChI is InChI=1S/C21H36O4/c1-22-20-16-14-19(15-17-20)13-11-9-7-5-6-8-10-12-18-21(23-2,24-3)25-4/h14-17H,5-13,18H2,1-4H3. The predicted octanol–water partition coefficient (Wildman–Crippen LogP) is 5.34. The topological polar surface area (TPSA) is 36.9 Å². The van der Waals surface area contributed by atoms with Gasteiger partial charge in [0.2, 0.25) is 0 Å². The van der Waals surface area contributed by atoms with Gasteiger partial charge < -0.3 is 18.9 Å². The molecule has 0 atom stereocenters. The van der Waals surface area contributed by atoms with Crippen LogP contribution in [-0.4, -0.2) is 34.4 Å². The summed E-state index contributed by atoms with van der Waals surface area (Å²) < 4.78 is 21.1. The van der Waals surface area contributed by atoms with Crippen LogP contribution in [0.25, 0.3) is 0 Å². The van der Waals surface area contributed by atoms with Gasteiger partial charge in [-0.05, 0) is 37.0 Å². The maximum atomic E-state index is 5.31. The van der Waals surface area contributed by atoms with Crippen LogP contribution in [0, 0.1) is 0 Å². The Kier molecular flexibility index (Phi) is 11.5. The molecule has 1 aromatic rings. The van der Waals surface area contributed by atoms with Crippen molar-refractivity contribution >= 4 is 0 Å². The van der Waals surface area contributed by atoms with Gasteiger partial charge in [-0.3, -0.25) is 0 Å². The third-order valence-electron chi connectivity index (χ3n) is 4.79. The molecule has 0 N–H and O–H groups in total. The van der Waals surface area contributed by atoms with E-state index in [2.05, 4.69) is 12.1 Å². The second-order valence-corrected chi connectivity index (χ2v) is 6.47. The molecular formula is C21H36O4. The molecule has 0 radical (unpaired) electrons. The Bertz CT molecular complexity index is 418. The average molecular weight is 353 g/mol. The molecule has 0 amide bonds. The van der Waals surface area contributed by atoms with E-state index in [0.29, 0.717) is 0 Å². The fourth-order valence-corrected chi connectivity index (χ4v) is 3.08. The molecule has 0 fully saturated rings. The molecule has 0 aliphatic heterocycles. The van der Waals surface area contributed by atoms with Gasteiger partial charge in [-0.2, -0.15) is 0 Å². The second-order valence-electron chi connectivity index (χ2n) is 6.47. The van der Waals surface area contributed by atoms with Crippen LogP contribution in [0.4, 0.5) is 0 Å². The van der Waals surface area contributed by atoms with Crippen molar-refractivity contribution in [3.63, 3.8) is 0 Å². The molecule has 25 heavy (non-hydrogen) atoms. The van der Waals surface area contributed by atoms with Crippen molar-refractivity contribution in [3.05, 3.63) is 29.8 Å². The first-order chi connectivity index (χ1) is 12.2. The minimum absolute atomic E-state index is 0.776. The van der Waals surface area contributed by atoms with E-state index < -0.39 is 5.97 Å². The van der Waals surface area contributed by atoms with E-state index in [-0.39, 0.29) is 0 Å². The van der Waals surface area contributed by atoms with Gasteiger partial charge in [0.05, 0.1) is 7.11 Å². The highest BCUT2D eigenvalue weighted by atomic mass is 16.9. The molecule has 1 rings (SSSR count). The molecule has 0 aliphatic carbocycles. The SMILES string of the molecule is COc1ccc(CCCCCCCCCCC(OC)(OC)OC)cc1. The lowest BCUT2D eigenvalue weighted by Gasteiger charge is -2.28. The monoisotopic (exact) mass is 352 g/mol. The summed E-state index contributed by atoms with van der Waals surface area (Å²) in [5, 5.41) is 0. The normalized spacial score (nSPS) is 11.7. The number of unbranched alkanes of at least 4 members (excludes halogenated alkanes) is 7. The number of hydrogen-bond donors (Lipinski definition) is 0. The van der Waals surface area contributed by atoms with Crippen LogP contribution in [0.15, 0.2) is 24.3 Å². The van der Waals surface area contributed by atoms with Crippen LogP contribution in [0.3, 0.4) is 0 Å². The number of rotatable bonds is 15. The Hall–Kier alpha value is -1.10. The molecule has 4 heteroatoms. The molecule has 0 aromatic heterocycles. The molecule has 0 saturated heterocycles. The summed E-state index contributed by atoms with van der Waals surface area (Å²) in [5.74, 6) is 0.0732. The number of ether oxygens (including phenoxy) is 4.